The summed E-state index contributed by atoms with van der Waals surface area (Å²) in [5.74, 6) is 0. The van der Waals surface area contributed by atoms with Gasteiger partial charge in [0.05, 0.1) is 0 Å². The van der Waals surface area contributed by atoms with Crippen molar-refractivity contribution in [1.82, 2.24) is 4.90 Å². The Morgan fingerprint density at radius 2 is 2.10 bits per heavy atom. The van der Waals surface area contributed by atoms with Crippen LogP contribution in [-0.2, 0) is 0 Å². The molecule has 2 aliphatic carbocycles. The van der Waals surface area contributed by atoms with Crippen molar-refractivity contribution in [2.75, 3.05) is 13.6 Å². The molecule has 2 saturated carbocycles. The second-order valence-corrected chi connectivity index (χ2v) is 3.77. The fourth-order valence-corrected chi connectivity index (χ4v) is 1.69. The quantitative estimate of drug-likeness (QED) is 0.621. The van der Waals surface area contributed by atoms with Crippen molar-refractivity contribution in [1.29, 1.82) is 0 Å². The molecule has 2 heteroatoms. The molecule has 2 rings (SSSR count). The Morgan fingerprint density at radius 1 is 1.50 bits per heavy atom. The normalized spacial score (nSPS) is 29.1. The van der Waals surface area contributed by atoms with E-state index in [1.54, 1.807) is 0 Å². The summed E-state index contributed by atoms with van der Waals surface area (Å²) in [5, 5.41) is 0. The average Bonchev–Trinajstić information content (AvgIpc) is 2.84. The van der Waals surface area contributed by atoms with Gasteiger partial charge in [-0.15, -0.1) is 0 Å². The van der Waals surface area contributed by atoms with Crippen molar-refractivity contribution in [3.63, 3.8) is 0 Å². The predicted molar refractivity (Wildman–Crippen MR) is 41.8 cm³/mol. The molecule has 0 bridgehead atoms. The summed E-state index contributed by atoms with van der Waals surface area (Å²) in [5.41, 5.74) is 6.14. The van der Waals surface area contributed by atoms with E-state index in [4.69, 9.17) is 5.73 Å². The van der Waals surface area contributed by atoms with Gasteiger partial charge in [-0.2, -0.15) is 0 Å². The van der Waals surface area contributed by atoms with Crippen LogP contribution in [0.3, 0.4) is 0 Å². The second-order valence-electron chi connectivity index (χ2n) is 3.77. The summed E-state index contributed by atoms with van der Waals surface area (Å²) in [4.78, 5) is 2.51. The highest BCUT2D eigenvalue weighted by Crippen LogP contribution is 2.45. The van der Waals surface area contributed by atoms with Crippen LogP contribution in [0, 0.1) is 0 Å². The minimum atomic E-state index is 0.446. The number of hydrogen-bond acceptors (Lipinski definition) is 2. The van der Waals surface area contributed by atoms with Gasteiger partial charge in [0.1, 0.15) is 0 Å². The van der Waals surface area contributed by atoms with Crippen LogP contribution < -0.4 is 5.73 Å². The maximum absolute atomic E-state index is 5.69. The summed E-state index contributed by atoms with van der Waals surface area (Å²) in [6, 6.07) is 0.881. The Bertz CT molecular complexity index is 136. The van der Waals surface area contributed by atoms with Gasteiger partial charge in [0.25, 0.3) is 0 Å². The lowest BCUT2D eigenvalue weighted by atomic mass is 10.2. The maximum Gasteiger partial charge on any atom is 0.0333 e. The van der Waals surface area contributed by atoms with Crippen molar-refractivity contribution in [3.05, 3.63) is 0 Å². The highest BCUT2D eigenvalue weighted by molar-refractivity contribution is 5.07. The summed E-state index contributed by atoms with van der Waals surface area (Å²) < 4.78 is 0. The number of likely N-dealkylation sites (N-methyl/N-ethyl adjacent to an activating group) is 1. The fourth-order valence-electron chi connectivity index (χ4n) is 1.69. The van der Waals surface area contributed by atoms with Crippen molar-refractivity contribution in [3.8, 4) is 0 Å². The molecule has 0 amide bonds. The lowest BCUT2D eigenvalue weighted by Crippen LogP contribution is -2.41. The zero-order valence-electron chi connectivity index (χ0n) is 6.64. The fraction of sp³-hybridized carbons (Fsp3) is 1.00. The average molecular weight is 140 g/mol. The van der Waals surface area contributed by atoms with E-state index in [-0.39, 0.29) is 0 Å². The van der Waals surface area contributed by atoms with Crippen molar-refractivity contribution in [2.24, 2.45) is 5.73 Å². The molecule has 0 unspecified atom stereocenters. The first-order valence-electron chi connectivity index (χ1n) is 4.21. The van der Waals surface area contributed by atoms with Crippen LogP contribution in [-0.4, -0.2) is 30.1 Å². The van der Waals surface area contributed by atoms with Gasteiger partial charge >= 0.3 is 0 Å². The first kappa shape index (κ1) is 6.62. The molecule has 0 spiro atoms. The summed E-state index contributed by atoms with van der Waals surface area (Å²) in [6.45, 7) is 0.861. The van der Waals surface area contributed by atoms with Gasteiger partial charge in [-0.1, -0.05) is 0 Å². The van der Waals surface area contributed by atoms with E-state index in [2.05, 4.69) is 11.9 Å². The molecule has 58 valence electrons. The molecule has 2 fully saturated rings. The monoisotopic (exact) mass is 140 g/mol. The Labute approximate surface area is 62.4 Å². The lowest BCUT2D eigenvalue weighted by Gasteiger charge is -2.26. The smallest absolute Gasteiger partial charge is 0.0333 e. The van der Waals surface area contributed by atoms with Crippen LogP contribution >= 0.6 is 0 Å². The van der Waals surface area contributed by atoms with Crippen LogP contribution in [0.2, 0.25) is 0 Å². The van der Waals surface area contributed by atoms with Crippen molar-refractivity contribution in [2.45, 2.75) is 37.3 Å². The molecule has 2 N–H and O–H groups in total. The summed E-state index contributed by atoms with van der Waals surface area (Å²) >= 11 is 0. The Kier molecular flexibility index (Phi) is 1.29. The topological polar surface area (TPSA) is 29.3 Å². The van der Waals surface area contributed by atoms with E-state index >= 15 is 0 Å². The maximum atomic E-state index is 5.69. The highest BCUT2D eigenvalue weighted by atomic mass is 15.3. The van der Waals surface area contributed by atoms with E-state index in [0.717, 1.165) is 12.6 Å². The molecule has 0 saturated heterocycles. The summed E-state index contributed by atoms with van der Waals surface area (Å²) in [6.07, 6.45) is 5.46. The molecule has 0 aromatic rings. The molecule has 0 aromatic carbocycles. The third-order valence-corrected chi connectivity index (χ3v) is 3.05. The van der Waals surface area contributed by atoms with Gasteiger partial charge in [-0.25, -0.2) is 0 Å². The van der Waals surface area contributed by atoms with Crippen LogP contribution in [0.5, 0.6) is 0 Å². The highest BCUT2D eigenvalue weighted by Gasteiger charge is 2.49. The third kappa shape index (κ3) is 0.867. The lowest BCUT2D eigenvalue weighted by molar-refractivity contribution is 0.217. The molecule has 2 aliphatic rings. The standard InChI is InChI=1S/C8H16N2/c1-10(7-2-3-7)8(6-9)4-5-8/h7H,2-6,9H2,1H3. The van der Waals surface area contributed by atoms with Crippen LogP contribution in [0.25, 0.3) is 0 Å². The van der Waals surface area contributed by atoms with Gasteiger partial charge in [0.15, 0.2) is 0 Å². The van der Waals surface area contributed by atoms with Gasteiger partial charge in [0, 0.05) is 18.1 Å². The Hall–Kier alpha value is -0.0800. The van der Waals surface area contributed by atoms with Gasteiger partial charge in [0.2, 0.25) is 0 Å². The number of nitrogens with zero attached hydrogens (tertiary/aromatic N) is 1. The van der Waals surface area contributed by atoms with Gasteiger partial charge in [-0.3, -0.25) is 4.90 Å². The number of nitrogens with two attached hydrogens (primary N) is 1. The number of rotatable bonds is 3. The van der Waals surface area contributed by atoms with E-state index < -0.39 is 0 Å². The molecule has 0 aliphatic heterocycles. The second kappa shape index (κ2) is 1.95. The zero-order chi connectivity index (χ0) is 7.19. The largest absolute Gasteiger partial charge is 0.329 e. The van der Waals surface area contributed by atoms with E-state index in [0.29, 0.717) is 5.54 Å². The molecule has 0 atom stereocenters. The molecule has 2 nitrogen and oxygen atoms in total. The molecule has 0 aromatic heterocycles. The number of hydrogen-bond donors (Lipinski definition) is 1. The van der Waals surface area contributed by atoms with Gasteiger partial charge < -0.3 is 5.73 Å². The first-order valence-corrected chi connectivity index (χ1v) is 4.21. The molecule has 10 heavy (non-hydrogen) atoms. The molecule has 0 radical (unpaired) electrons. The van der Waals surface area contributed by atoms with E-state index in [1.807, 2.05) is 0 Å². The molecule has 0 heterocycles. The van der Waals surface area contributed by atoms with Crippen LogP contribution in [0.15, 0.2) is 0 Å². The Balaban J connectivity index is 1.95. The zero-order valence-corrected chi connectivity index (χ0v) is 6.64. The van der Waals surface area contributed by atoms with Crippen LogP contribution in [0.4, 0.5) is 0 Å². The van der Waals surface area contributed by atoms with Crippen molar-refractivity contribution >= 4 is 0 Å². The summed E-state index contributed by atoms with van der Waals surface area (Å²) in [7, 11) is 2.23. The SMILES string of the molecule is CN(C1CC1)C1(CN)CC1. The first-order chi connectivity index (χ1) is 4.78. The minimum absolute atomic E-state index is 0.446. The minimum Gasteiger partial charge on any atom is -0.329 e. The van der Waals surface area contributed by atoms with E-state index in [9.17, 15) is 0 Å². The Morgan fingerprint density at radius 3 is 2.40 bits per heavy atom. The third-order valence-electron chi connectivity index (χ3n) is 3.05. The molecular formula is C8H16N2. The van der Waals surface area contributed by atoms with Crippen molar-refractivity contribution < 1.29 is 0 Å². The predicted octanol–water partition coefficient (Wildman–Crippen LogP) is 0.572. The van der Waals surface area contributed by atoms with Crippen LogP contribution in [0.1, 0.15) is 25.7 Å². The van der Waals surface area contributed by atoms with Gasteiger partial charge in [-0.05, 0) is 32.7 Å². The molecular weight excluding hydrogens is 124 g/mol. The van der Waals surface area contributed by atoms with E-state index in [1.165, 1.54) is 25.7 Å².